The maximum atomic E-state index is 6.00. The number of hydrogen-bond donors (Lipinski definition) is 0. The Balaban J connectivity index is 1.83. The van der Waals surface area contributed by atoms with Gasteiger partial charge in [0.2, 0.25) is 5.88 Å². The highest BCUT2D eigenvalue weighted by atomic mass is 35.5. The van der Waals surface area contributed by atoms with Crippen molar-refractivity contribution >= 4 is 33.5 Å². The van der Waals surface area contributed by atoms with E-state index < -0.39 is 0 Å². The lowest BCUT2D eigenvalue weighted by Crippen LogP contribution is -1.89. The topological polar surface area (TPSA) is 48.2 Å². The van der Waals surface area contributed by atoms with Crippen molar-refractivity contribution in [3.8, 4) is 11.6 Å². The molecular formula is C16H9ClN2O2. The van der Waals surface area contributed by atoms with Crippen molar-refractivity contribution in [1.29, 1.82) is 0 Å². The van der Waals surface area contributed by atoms with Crippen LogP contribution >= 0.6 is 11.6 Å². The van der Waals surface area contributed by atoms with Crippen LogP contribution in [0.5, 0.6) is 11.6 Å². The molecule has 21 heavy (non-hydrogen) atoms. The minimum Gasteiger partial charge on any atom is -0.456 e. The quantitative estimate of drug-likeness (QED) is 0.532. The average molecular weight is 297 g/mol. The Morgan fingerprint density at radius 3 is 2.76 bits per heavy atom. The van der Waals surface area contributed by atoms with Gasteiger partial charge in [0, 0.05) is 10.8 Å². The number of ether oxygens (including phenoxy) is 1. The number of aromatic nitrogens is 2. The molecule has 102 valence electrons. The maximum Gasteiger partial charge on any atom is 0.241 e. The number of benzene rings is 2. The number of rotatable bonds is 2. The molecule has 0 unspecified atom stereocenters. The van der Waals surface area contributed by atoms with Crippen LogP contribution in [-0.2, 0) is 0 Å². The van der Waals surface area contributed by atoms with Gasteiger partial charge in [0.25, 0.3) is 0 Å². The van der Waals surface area contributed by atoms with Crippen molar-refractivity contribution in [2.24, 2.45) is 0 Å². The van der Waals surface area contributed by atoms with Gasteiger partial charge in [0.05, 0.1) is 6.20 Å². The minimum atomic E-state index is 0.332. The fourth-order valence-electron chi connectivity index (χ4n) is 2.26. The fraction of sp³-hybridized carbons (Fsp3) is 0. The van der Waals surface area contributed by atoms with Gasteiger partial charge >= 0.3 is 0 Å². The van der Waals surface area contributed by atoms with Gasteiger partial charge in [0.15, 0.2) is 0 Å². The molecule has 2 aromatic carbocycles. The van der Waals surface area contributed by atoms with Crippen LogP contribution in [-0.4, -0.2) is 9.97 Å². The van der Waals surface area contributed by atoms with Crippen molar-refractivity contribution < 1.29 is 9.15 Å². The third-order valence-corrected chi connectivity index (χ3v) is 3.46. The second-order valence-corrected chi connectivity index (χ2v) is 4.94. The van der Waals surface area contributed by atoms with Crippen LogP contribution < -0.4 is 4.74 Å². The lowest BCUT2D eigenvalue weighted by Gasteiger charge is -2.05. The molecular weight excluding hydrogens is 288 g/mol. The van der Waals surface area contributed by atoms with Crippen LogP contribution in [0.15, 0.2) is 59.4 Å². The summed E-state index contributed by atoms with van der Waals surface area (Å²) in [5, 5.41) is 2.41. The van der Waals surface area contributed by atoms with Crippen LogP contribution in [0.1, 0.15) is 0 Å². The number of halogens is 1. The Bertz CT molecular complexity index is 949. The van der Waals surface area contributed by atoms with Crippen LogP contribution in [0.2, 0.25) is 5.02 Å². The second kappa shape index (κ2) is 4.75. The van der Waals surface area contributed by atoms with Crippen LogP contribution in [0.3, 0.4) is 0 Å². The zero-order chi connectivity index (χ0) is 14.2. The highest BCUT2D eigenvalue weighted by Gasteiger charge is 2.09. The first-order valence-electron chi connectivity index (χ1n) is 6.36. The molecule has 0 fully saturated rings. The normalized spacial score (nSPS) is 11.1. The summed E-state index contributed by atoms with van der Waals surface area (Å²) >= 11 is 6.00. The van der Waals surface area contributed by atoms with Gasteiger partial charge in [-0.15, -0.1) is 0 Å². The standard InChI is InChI=1S/C16H9ClN2O2/c17-13-8-18-9-19-16(13)20-10-5-6-15-12(7-10)11-3-1-2-4-14(11)21-15/h1-9H. The molecule has 0 aliphatic carbocycles. The molecule has 2 aromatic heterocycles. The highest BCUT2D eigenvalue weighted by Crippen LogP contribution is 2.33. The summed E-state index contributed by atoms with van der Waals surface area (Å²) in [6, 6.07) is 13.5. The van der Waals surface area contributed by atoms with E-state index in [-0.39, 0.29) is 0 Å². The van der Waals surface area contributed by atoms with Gasteiger partial charge in [0.1, 0.15) is 28.3 Å². The molecule has 0 spiro atoms. The summed E-state index contributed by atoms with van der Waals surface area (Å²) in [5.41, 5.74) is 1.67. The molecule has 2 heterocycles. The number of para-hydroxylation sites is 1. The van der Waals surface area contributed by atoms with E-state index in [9.17, 15) is 0 Å². The average Bonchev–Trinajstić information content (AvgIpc) is 2.88. The zero-order valence-corrected chi connectivity index (χ0v) is 11.5. The van der Waals surface area contributed by atoms with Crippen molar-refractivity contribution in [2.45, 2.75) is 0 Å². The maximum absolute atomic E-state index is 6.00. The number of nitrogens with zero attached hydrogens (tertiary/aromatic N) is 2. The molecule has 0 saturated heterocycles. The van der Waals surface area contributed by atoms with Gasteiger partial charge in [-0.3, -0.25) is 0 Å². The largest absolute Gasteiger partial charge is 0.456 e. The summed E-state index contributed by atoms with van der Waals surface area (Å²) in [5.74, 6) is 0.980. The minimum absolute atomic E-state index is 0.332. The molecule has 0 saturated carbocycles. The van der Waals surface area contributed by atoms with E-state index >= 15 is 0 Å². The van der Waals surface area contributed by atoms with Gasteiger partial charge in [-0.25, -0.2) is 9.97 Å². The van der Waals surface area contributed by atoms with E-state index in [1.165, 1.54) is 12.5 Å². The summed E-state index contributed by atoms with van der Waals surface area (Å²) < 4.78 is 11.5. The van der Waals surface area contributed by atoms with Gasteiger partial charge in [-0.2, -0.15) is 0 Å². The molecule has 0 aliphatic rings. The molecule has 0 bridgehead atoms. The monoisotopic (exact) mass is 296 g/mol. The third-order valence-electron chi connectivity index (χ3n) is 3.20. The fourth-order valence-corrected chi connectivity index (χ4v) is 2.40. The molecule has 5 heteroatoms. The Morgan fingerprint density at radius 2 is 1.86 bits per heavy atom. The first kappa shape index (κ1) is 12.2. The summed E-state index contributed by atoms with van der Waals surface area (Å²) in [4.78, 5) is 7.85. The highest BCUT2D eigenvalue weighted by molar-refractivity contribution is 6.31. The number of fused-ring (bicyclic) bond motifs is 3. The SMILES string of the molecule is Clc1cncnc1Oc1ccc2oc3ccccc3c2c1. The molecule has 4 rings (SSSR count). The lowest BCUT2D eigenvalue weighted by molar-refractivity contribution is 0.462. The van der Waals surface area contributed by atoms with E-state index in [2.05, 4.69) is 9.97 Å². The van der Waals surface area contributed by atoms with Gasteiger partial charge in [-0.05, 0) is 24.3 Å². The van der Waals surface area contributed by atoms with E-state index in [4.69, 9.17) is 20.8 Å². The predicted molar refractivity (Wildman–Crippen MR) is 80.8 cm³/mol. The first-order chi connectivity index (χ1) is 10.3. The van der Waals surface area contributed by atoms with Gasteiger partial charge < -0.3 is 9.15 Å². The number of hydrogen-bond acceptors (Lipinski definition) is 4. The van der Waals surface area contributed by atoms with E-state index in [0.717, 1.165) is 21.9 Å². The molecule has 0 N–H and O–H groups in total. The van der Waals surface area contributed by atoms with E-state index in [0.29, 0.717) is 16.7 Å². The molecule has 4 nitrogen and oxygen atoms in total. The molecule has 0 amide bonds. The Morgan fingerprint density at radius 1 is 1.00 bits per heavy atom. The van der Waals surface area contributed by atoms with E-state index in [1.807, 2.05) is 42.5 Å². The Kier molecular flexibility index (Phi) is 2.75. The second-order valence-electron chi connectivity index (χ2n) is 4.53. The molecule has 4 aromatic rings. The number of furan rings is 1. The summed E-state index contributed by atoms with van der Waals surface area (Å²) in [6.45, 7) is 0. The predicted octanol–water partition coefficient (Wildman–Crippen LogP) is 4.82. The van der Waals surface area contributed by atoms with Crippen LogP contribution in [0, 0.1) is 0 Å². The lowest BCUT2D eigenvalue weighted by atomic mass is 10.1. The molecule has 0 radical (unpaired) electrons. The smallest absolute Gasteiger partial charge is 0.241 e. The Hall–Kier alpha value is -2.59. The molecule has 0 atom stereocenters. The van der Waals surface area contributed by atoms with Crippen molar-refractivity contribution in [3.63, 3.8) is 0 Å². The Labute approximate surface area is 125 Å². The summed E-state index contributed by atoms with van der Waals surface area (Å²) in [7, 11) is 0. The molecule has 0 aliphatic heterocycles. The van der Waals surface area contributed by atoms with E-state index in [1.54, 1.807) is 0 Å². The first-order valence-corrected chi connectivity index (χ1v) is 6.74. The summed E-state index contributed by atoms with van der Waals surface area (Å²) in [6.07, 6.45) is 2.89. The van der Waals surface area contributed by atoms with Crippen molar-refractivity contribution in [2.75, 3.05) is 0 Å². The van der Waals surface area contributed by atoms with Crippen LogP contribution in [0.4, 0.5) is 0 Å². The van der Waals surface area contributed by atoms with Gasteiger partial charge in [-0.1, -0.05) is 29.8 Å². The van der Waals surface area contributed by atoms with Crippen molar-refractivity contribution in [1.82, 2.24) is 9.97 Å². The zero-order valence-electron chi connectivity index (χ0n) is 10.8. The van der Waals surface area contributed by atoms with Crippen LogP contribution in [0.25, 0.3) is 21.9 Å². The van der Waals surface area contributed by atoms with Crippen molar-refractivity contribution in [3.05, 3.63) is 60.0 Å². The third kappa shape index (κ3) is 2.10.